The monoisotopic (exact) mass is 362 g/mol. The molecule has 8 heteroatoms. The molecular weight excluding hydrogens is 344 g/mol. The Bertz CT molecular complexity index is 857. The summed E-state index contributed by atoms with van der Waals surface area (Å²) in [6.45, 7) is 3.76. The van der Waals surface area contributed by atoms with Gasteiger partial charge in [-0.15, -0.1) is 0 Å². The van der Waals surface area contributed by atoms with Crippen molar-refractivity contribution >= 4 is 22.2 Å². The molecule has 0 fully saturated rings. The number of hydrogen-bond donors (Lipinski definition) is 2. The van der Waals surface area contributed by atoms with Crippen LogP contribution in [0.1, 0.15) is 29.8 Å². The van der Waals surface area contributed by atoms with Crippen molar-refractivity contribution in [1.29, 1.82) is 0 Å². The first kappa shape index (κ1) is 18.5. The van der Waals surface area contributed by atoms with Crippen molar-refractivity contribution in [3.05, 3.63) is 59.7 Å². The van der Waals surface area contributed by atoms with E-state index in [2.05, 4.69) is 9.93 Å². The molecule has 0 amide bonds. The number of hydrogen-bond acceptors (Lipinski definition) is 5. The number of nitrogens with one attached hydrogen (secondary N) is 1. The highest BCUT2D eigenvalue weighted by atomic mass is 32.2. The summed E-state index contributed by atoms with van der Waals surface area (Å²) in [6.07, 6.45) is 1.29. The average Bonchev–Trinajstić information content (AvgIpc) is 2.55. The van der Waals surface area contributed by atoms with E-state index >= 15 is 0 Å². The largest absolute Gasteiger partial charge is 0.491 e. The third kappa shape index (κ3) is 5.32. The number of aromatic carboxylic acids is 1. The van der Waals surface area contributed by atoms with E-state index in [9.17, 15) is 13.2 Å². The van der Waals surface area contributed by atoms with E-state index in [4.69, 9.17) is 9.84 Å². The molecule has 0 aliphatic carbocycles. The predicted molar refractivity (Wildman–Crippen MR) is 93.5 cm³/mol. The molecule has 0 saturated heterocycles. The van der Waals surface area contributed by atoms with E-state index in [0.29, 0.717) is 11.3 Å². The third-order valence-corrected chi connectivity index (χ3v) is 4.29. The quantitative estimate of drug-likeness (QED) is 0.581. The Kier molecular flexibility index (Phi) is 5.76. The van der Waals surface area contributed by atoms with Crippen LogP contribution in [0.2, 0.25) is 0 Å². The molecular formula is C17H18N2O5S. The topological polar surface area (TPSA) is 105 Å². The van der Waals surface area contributed by atoms with Crippen LogP contribution in [0.3, 0.4) is 0 Å². The minimum Gasteiger partial charge on any atom is -0.491 e. The Labute approximate surface area is 146 Å². The number of carbonyl (C=O) groups is 1. The van der Waals surface area contributed by atoms with Crippen molar-refractivity contribution in [2.45, 2.75) is 24.8 Å². The Balaban J connectivity index is 2.04. The molecule has 2 aromatic carbocycles. The lowest BCUT2D eigenvalue weighted by Crippen LogP contribution is -2.18. The van der Waals surface area contributed by atoms with Crippen molar-refractivity contribution in [2.75, 3.05) is 0 Å². The summed E-state index contributed by atoms with van der Waals surface area (Å²) >= 11 is 0. The van der Waals surface area contributed by atoms with Crippen LogP contribution in [0, 0.1) is 0 Å². The highest BCUT2D eigenvalue weighted by Gasteiger charge is 2.12. The second kappa shape index (κ2) is 7.80. The number of sulfonamides is 1. The molecule has 0 aromatic heterocycles. The zero-order valence-electron chi connectivity index (χ0n) is 13.7. The smallest absolute Gasteiger partial charge is 0.335 e. The Morgan fingerprint density at radius 3 is 2.24 bits per heavy atom. The summed E-state index contributed by atoms with van der Waals surface area (Å²) < 4.78 is 29.8. The van der Waals surface area contributed by atoms with Crippen molar-refractivity contribution in [3.8, 4) is 5.75 Å². The van der Waals surface area contributed by atoms with Gasteiger partial charge in [-0.1, -0.05) is 12.1 Å². The van der Waals surface area contributed by atoms with Gasteiger partial charge in [-0.25, -0.2) is 9.63 Å². The lowest BCUT2D eigenvalue weighted by atomic mass is 10.1. The summed E-state index contributed by atoms with van der Waals surface area (Å²) in [7, 11) is -3.79. The van der Waals surface area contributed by atoms with E-state index in [-0.39, 0.29) is 16.6 Å². The van der Waals surface area contributed by atoms with Crippen LogP contribution in [0.5, 0.6) is 5.75 Å². The number of hydrazone groups is 1. The van der Waals surface area contributed by atoms with Gasteiger partial charge in [0, 0.05) is 0 Å². The van der Waals surface area contributed by atoms with Gasteiger partial charge in [-0.05, 0) is 55.8 Å². The highest BCUT2D eigenvalue weighted by Crippen LogP contribution is 2.17. The SMILES string of the molecule is CC(C)Oc1ccc(S(=O)(=O)N/N=C/c2ccc(C(=O)O)cc2)cc1. The predicted octanol–water partition coefficient (Wildman–Crippen LogP) is 2.48. The Morgan fingerprint density at radius 1 is 1.12 bits per heavy atom. The molecule has 2 rings (SSSR count). The van der Waals surface area contributed by atoms with Crippen molar-refractivity contribution in [3.63, 3.8) is 0 Å². The van der Waals surface area contributed by atoms with E-state index in [0.717, 1.165) is 0 Å². The summed E-state index contributed by atoms with van der Waals surface area (Å²) in [5.74, 6) is -0.454. The molecule has 0 saturated carbocycles. The fraction of sp³-hybridized carbons (Fsp3) is 0.176. The van der Waals surface area contributed by atoms with Crippen LogP contribution in [0.25, 0.3) is 0 Å². The first-order valence-electron chi connectivity index (χ1n) is 7.43. The molecule has 0 bridgehead atoms. The lowest BCUT2D eigenvalue weighted by Gasteiger charge is -2.10. The van der Waals surface area contributed by atoms with Crippen LogP contribution in [-0.4, -0.2) is 31.8 Å². The van der Waals surface area contributed by atoms with Gasteiger partial charge in [0.15, 0.2) is 0 Å². The zero-order valence-corrected chi connectivity index (χ0v) is 14.5. The Morgan fingerprint density at radius 2 is 1.72 bits per heavy atom. The lowest BCUT2D eigenvalue weighted by molar-refractivity contribution is 0.0697. The van der Waals surface area contributed by atoms with Gasteiger partial charge in [0.05, 0.1) is 22.8 Å². The standard InChI is InChI=1S/C17H18N2O5S/c1-12(2)24-15-7-9-16(10-8-15)25(22,23)19-18-11-13-3-5-14(6-4-13)17(20)21/h3-12,19H,1-2H3,(H,20,21)/b18-11+. The summed E-state index contributed by atoms with van der Waals surface area (Å²) in [6, 6.07) is 11.9. The highest BCUT2D eigenvalue weighted by molar-refractivity contribution is 7.89. The number of carboxylic acid groups (broad SMARTS) is 1. The molecule has 0 aliphatic heterocycles. The molecule has 25 heavy (non-hydrogen) atoms. The van der Waals surface area contributed by atoms with Crippen LogP contribution in [-0.2, 0) is 10.0 Å². The van der Waals surface area contributed by atoms with E-state index in [1.54, 1.807) is 12.1 Å². The fourth-order valence-corrected chi connectivity index (χ4v) is 2.70. The van der Waals surface area contributed by atoms with Crippen LogP contribution in [0.15, 0.2) is 58.5 Å². The molecule has 2 aromatic rings. The molecule has 132 valence electrons. The second-order valence-corrected chi connectivity index (χ2v) is 7.08. The van der Waals surface area contributed by atoms with Crippen molar-refractivity contribution < 1.29 is 23.1 Å². The molecule has 0 spiro atoms. The van der Waals surface area contributed by atoms with Gasteiger partial charge < -0.3 is 9.84 Å². The van der Waals surface area contributed by atoms with Crippen LogP contribution in [0.4, 0.5) is 0 Å². The number of nitrogens with zero attached hydrogens (tertiary/aromatic N) is 1. The average molecular weight is 362 g/mol. The van der Waals surface area contributed by atoms with Gasteiger partial charge in [0.2, 0.25) is 0 Å². The van der Waals surface area contributed by atoms with Gasteiger partial charge in [0.1, 0.15) is 5.75 Å². The maximum Gasteiger partial charge on any atom is 0.335 e. The first-order chi connectivity index (χ1) is 11.8. The number of benzene rings is 2. The molecule has 0 unspecified atom stereocenters. The van der Waals surface area contributed by atoms with Crippen molar-refractivity contribution in [2.24, 2.45) is 5.10 Å². The molecule has 0 aliphatic rings. The van der Waals surface area contributed by atoms with E-state index in [1.165, 1.54) is 42.6 Å². The van der Waals surface area contributed by atoms with Crippen LogP contribution >= 0.6 is 0 Å². The minimum atomic E-state index is -3.79. The number of rotatable bonds is 7. The van der Waals surface area contributed by atoms with Crippen LogP contribution < -0.4 is 9.57 Å². The molecule has 7 nitrogen and oxygen atoms in total. The molecule has 0 heterocycles. The van der Waals surface area contributed by atoms with Gasteiger partial charge in [-0.3, -0.25) is 0 Å². The van der Waals surface area contributed by atoms with Gasteiger partial charge >= 0.3 is 5.97 Å². The summed E-state index contributed by atoms with van der Waals surface area (Å²) in [4.78, 5) is 12.9. The number of ether oxygens (including phenoxy) is 1. The summed E-state index contributed by atoms with van der Waals surface area (Å²) in [5.41, 5.74) is 0.704. The molecule has 0 atom stereocenters. The minimum absolute atomic E-state index is 0.00213. The normalized spacial score (nSPS) is 11.6. The fourth-order valence-electron chi connectivity index (χ4n) is 1.90. The number of carboxylic acids is 1. The summed E-state index contributed by atoms with van der Waals surface area (Å²) in [5, 5.41) is 12.5. The Hall–Kier alpha value is -2.87. The molecule has 2 N–H and O–H groups in total. The molecule has 0 radical (unpaired) electrons. The van der Waals surface area contributed by atoms with Gasteiger partial charge in [0.25, 0.3) is 10.0 Å². The van der Waals surface area contributed by atoms with Gasteiger partial charge in [-0.2, -0.15) is 13.5 Å². The van der Waals surface area contributed by atoms with E-state index in [1.807, 2.05) is 13.8 Å². The van der Waals surface area contributed by atoms with Crippen molar-refractivity contribution in [1.82, 2.24) is 4.83 Å². The first-order valence-corrected chi connectivity index (χ1v) is 8.91. The second-order valence-electron chi connectivity index (χ2n) is 5.42. The zero-order chi connectivity index (χ0) is 18.4. The maximum absolute atomic E-state index is 12.2. The maximum atomic E-state index is 12.2. The third-order valence-electron chi connectivity index (χ3n) is 3.05. The van der Waals surface area contributed by atoms with E-state index < -0.39 is 16.0 Å².